The van der Waals surface area contributed by atoms with Crippen LogP contribution >= 0.6 is 12.4 Å². The summed E-state index contributed by atoms with van der Waals surface area (Å²) in [6.07, 6.45) is 1.95. The molecule has 3 rings (SSSR count). The lowest BCUT2D eigenvalue weighted by molar-refractivity contribution is -0.141. The Morgan fingerprint density at radius 1 is 1.24 bits per heavy atom. The molecule has 2 aliphatic heterocycles. The van der Waals surface area contributed by atoms with Gasteiger partial charge in [-0.05, 0) is 37.1 Å². The summed E-state index contributed by atoms with van der Waals surface area (Å²) in [5.74, 6) is 0.668. The molecule has 2 heterocycles. The molecule has 0 spiro atoms. The fourth-order valence-electron chi connectivity index (χ4n) is 4.15. The zero-order valence-corrected chi connectivity index (χ0v) is 18.2. The number of carbonyl (C=O) groups excluding carboxylic acids is 2. The van der Waals surface area contributed by atoms with Gasteiger partial charge in [0, 0.05) is 46.2 Å². The molecule has 2 saturated heterocycles. The Balaban J connectivity index is 0.00000300. The van der Waals surface area contributed by atoms with Gasteiger partial charge in [0.05, 0.1) is 19.1 Å². The molecule has 2 unspecified atom stereocenters. The number of hydrogen-bond acceptors (Lipinski definition) is 5. The molecular formula is C21H33ClN4O3. The molecule has 0 aromatic heterocycles. The smallest absolute Gasteiger partial charge is 0.225 e. The molecule has 162 valence electrons. The van der Waals surface area contributed by atoms with E-state index in [9.17, 15) is 9.59 Å². The standard InChI is InChI=1S/C21H32N4O3.ClH/c1-24-19(26)9-8-18(20(24)16-4-6-17(28-2)7-5-16)21(27)23-10-3-13-25-14-11-22-12-15-25;/h4-7,18,20,22H,3,8-15H2,1-2H3,(H,23,27);1H. The highest BCUT2D eigenvalue weighted by atomic mass is 35.5. The first-order chi connectivity index (χ1) is 13.6. The highest BCUT2D eigenvalue weighted by Crippen LogP contribution is 2.36. The molecule has 0 aliphatic carbocycles. The average Bonchev–Trinajstić information content (AvgIpc) is 2.74. The number of amides is 2. The number of piperazine rings is 1. The number of benzene rings is 1. The summed E-state index contributed by atoms with van der Waals surface area (Å²) in [5, 5.41) is 6.46. The van der Waals surface area contributed by atoms with Gasteiger partial charge in [-0.25, -0.2) is 0 Å². The van der Waals surface area contributed by atoms with Gasteiger partial charge in [0.2, 0.25) is 11.8 Å². The van der Waals surface area contributed by atoms with Gasteiger partial charge >= 0.3 is 0 Å². The van der Waals surface area contributed by atoms with Crippen molar-refractivity contribution in [3.8, 4) is 5.75 Å². The highest BCUT2D eigenvalue weighted by Gasteiger charge is 2.38. The van der Waals surface area contributed by atoms with Crippen molar-refractivity contribution in [1.29, 1.82) is 0 Å². The Hall–Kier alpha value is -1.83. The summed E-state index contributed by atoms with van der Waals surface area (Å²) in [6, 6.07) is 7.42. The van der Waals surface area contributed by atoms with Crippen molar-refractivity contribution in [2.75, 3.05) is 53.4 Å². The first-order valence-electron chi connectivity index (χ1n) is 10.2. The Morgan fingerprint density at radius 2 is 1.93 bits per heavy atom. The van der Waals surface area contributed by atoms with Gasteiger partial charge in [-0.2, -0.15) is 0 Å². The van der Waals surface area contributed by atoms with Gasteiger partial charge in [0.1, 0.15) is 5.75 Å². The van der Waals surface area contributed by atoms with Gasteiger partial charge in [-0.1, -0.05) is 12.1 Å². The maximum absolute atomic E-state index is 12.9. The Labute approximate surface area is 179 Å². The molecule has 29 heavy (non-hydrogen) atoms. The minimum absolute atomic E-state index is 0. The van der Waals surface area contributed by atoms with E-state index in [-0.39, 0.29) is 36.2 Å². The van der Waals surface area contributed by atoms with Gasteiger partial charge in [-0.3, -0.25) is 9.59 Å². The van der Waals surface area contributed by atoms with Crippen LogP contribution in [0.25, 0.3) is 0 Å². The van der Waals surface area contributed by atoms with E-state index in [0.717, 1.165) is 50.5 Å². The predicted molar refractivity (Wildman–Crippen MR) is 115 cm³/mol. The van der Waals surface area contributed by atoms with E-state index in [1.165, 1.54) is 0 Å². The molecule has 2 amide bonds. The lowest BCUT2D eigenvalue weighted by Gasteiger charge is -2.38. The molecule has 2 atom stereocenters. The number of rotatable bonds is 7. The number of methoxy groups -OCH3 is 1. The van der Waals surface area contributed by atoms with Crippen molar-refractivity contribution < 1.29 is 14.3 Å². The third kappa shape index (κ3) is 6.07. The molecule has 1 aromatic rings. The molecule has 0 saturated carbocycles. The van der Waals surface area contributed by atoms with E-state index in [1.54, 1.807) is 19.1 Å². The lowest BCUT2D eigenvalue weighted by Crippen LogP contribution is -2.47. The van der Waals surface area contributed by atoms with Crippen LogP contribution in [0.1, 0.15) is 30.9 Å². The molecule has 2 fully saturated rings. The van der Waals surface area contributed by atoms with Crippen LogP contribution in [-0.2, 0) is 9.59 Å². The second-order valence-electron chi connectivity index (χ2n) is 7.60. The maximum atomic E-state index is 12.9. The van der Waals surface area contributed by atoms with E-state index in [0.29, 0.717) is 19.4 Å². The quantitative estimate of drug-likeness (QED) is 0.648. The van der Waals surface area contributed by atoms with E-state index in [2.05, 4.69) is 15.5 Å². The largest absolute Gasteiger partial charge is 0.497 e. The van der Waals surface area contributed by atoms with E-state index >= 15 is 0 Å². The topological polar surface area (TPSA) is 73.9 Å². The number of carbonyl (C=O) groups is 2. The Bertz CT molecular complexity index is 664. The summed E-state index contributed by atoms with van der Waals surface area (Å²) in [6.45, 7) is 5.90. The van der Waals surface area contributed by atoms with Gasteiger partial charge < -0.3 is 25.2 Å². The molecule has 1 aromatic carbocycles. The average molecular weight is 425 g/mol. The van der Waals surface area contributed by atoms with Crippen LogP contribution in [0.5, 0.6) is 5.75 Å². The molecule has 7 nitrogen and oxygen atoms in total. The van der Waals surface area contributed by atoms with Gasteiger partial charge in [0.25, 0.3) is 0 Å². The summed E-state index contributed by atoms with van der Waals surface area (Å²) < 4.78 is 5.23. The van der Waals surface area contributed by atoms with E-state index in [4.69, 9.17) is 4.74 Å². The van der Waals surface area contributed by atoms with E-state index < -0.39 is 0 Å². The van der Waals surface area contributed by atoms with Crippen LogP contribution in [0.15, 0.2) is 24.3 Å². The van der Waals surface area contributed by atoms with Crippen molar-refractivity contribution in [1.82, 2.24) is 20.4 Å². The van der Waals surface area contributed by atoms with Crippen molar-refractivity contribution in [2.45, 2.75) is 25.3 Å². The predicted octanol–water partition coefficient (Wildman–Crippen LogP) is 1.44. The van der Waals surface area contributed by atoms with Crippen LogP contribution in [-0.4, -0.2) is 75.0 Å². The molecule has 2 N–H and O–H groups in total. The van der Waals surface area contributed by atoms with Crippen molar-refractivity contribution in [3.05, 3.63) is 29.8 Å². The zero-order valence-electron chi connectivity index (χ0n) is 17.4. The highest BCUT2D eigenvalue weighted by molar-refractivity contribution is 5.85. The van der Waals surface area contributed by atoms with Crippen LogP contribution < -0.4 is 15.4 Å². The maximum Gasteiger partial charge on any atom is 0.225 e. The number of halogens is 1. The van der Waals surface area contributed by atoms with Gasteiger partial charge in [-0.15, -0.1) is 12.4 Å². The van der Waals surface area contributed by atoms with Crippen LogP contribution in [0.4, 0.5) is 0 Å². The first-order valence-corrected chi connectivity index (χ1v) is 10.2. The van der Waals surface area contributed by atoms with Crippen molar-refractivity contribution >= 4 is 24.2 Å². The molecule has 0 bridgehead atoms. The minimum atomic E-state index is -0.236. The molecule has 8 heteroatoms. The summed E-state index contributed by atoms with van der Waals surface area (Å²) in [7, 11) is 3.42. The number of likely N-dealkylation sites (tertiary alicyclic amines) is 1. The fourth-order valence-corrected chi connectivity index (χ4v) is 4.15. The lowest BCUT2D eigenvalue weighted by atomic mass is 9.84. The van der Waals surface area contributed by atoms with Crippen LogP contribution in [0.3, 0.4) is 0 Å². The van der Waals surface area contributed by atoms with Crippen molar-refractivity contribution in [2.24, 2.45) is 5.92 Å². The number of ether oxygens (including phenoxy) is 1. The number of nitrogens with one attached hydrogen (secondary N) is 2. The molecular weight excluding hydrogens is 392 g/mol. The van der Waals surface area contributed by atoms with Crippen LogP contribution in [0.2, 0.25) is 0 Å². The second-order valence-corrected chi connectivity index (χ2v) is 7.60. The molecule has 0 radical (unpaired) electrons. The normalized spacial score (nSPS) is 22.7. The third-order valence-corrected chi connectivity index (χ3v) is 5.82. The first kappa shape index (κ1) is 23.4. The third-order valence-electron chi connectivity index (χ3n) is 5.82. The monoisotopic (exact) mass is 424 g/mol. The van der Waals surface area contributed by atoms with Crippen LogP contribution in [0, 0.1) is 5.92 Å². The Kier molecular flexibility index (Phi) is 9.20. The van der Waals surface area contributed by atoms with E-state index in [1.807, 2.05) is 24.3 Å². The minimum Gasteiger partial charge on any atom is -0.497 e. The number of hydrogen-bond donors (Lipinski definition) is 2. The molecule has 2 aliphatic rings. The van der Waals surface area contributed by atoms with Gasteiger partial charge in [0.15, 0.2) is 0 Å². The van der Waals surface area contributed by atoms with Crippen molar-refractivity contribution in [3.63, 3.8) is 0 Å². The summed E-state index contributed by atoms with van der Waals surface area (Å²) in [5.41, 5.74) is 0.970. The summed E-state index contributed by atoms with van der Waals surface area (Å²) in [4.78, 5) is 29.3. The Morgan fingerprint density at radius 3 is 2.59 bits per heavy atom. The second kappa shape index (κ2) is 11.4. The zero-order chi connectivity index (χ0) is 19.9. The SMILES string of the molecule is COc1ccc(C2C(C(=O)NCCCN3CCNCC3)CCC(=O)N2C)cc1.Cl. The number of piperidine rings is 1. The fraction of sp³-hybridized carbons (Fsp3) is 0.619. The number of nitrogens with zero attached hydrogens (tertiary/aromatic N) is 2. The summed E-state index contributed by atoms with van der Waals surface area (Å²) >= 11 is 0.